The molecule has 0 fully saturated rings. The summed E-state index contributed by atoms with van der Waals surface area (Å²) in [6.07, 6.45) is 3.23. The van der Waals surface area contributed by atoms with E-state index in [1.807, 2.05) is 0 Å². The highest BCUT2D eigenvalue weighted by molar-refractivity contribution is 5.64. The lowest BCUT2D eigenvalue weighted by atomic mass is 10.9. The third-order valence-electron chi connectivity index (χ3n) is 0.980. The van der Waals surface area contributed by atoms with Gasteiger partial charge in [0.1, 0.15) is 12.4 Å². The molecular weight excluding hydrogens is 120 g/mol. The summed E-state index contributed by atoms with van der Waals surface area (Å²) in [7, 11) is 1.74. The number of rotatable bonds is 0. The summed E-state index contributed by atoms with van der Waals surface area (Å²) < 4.78 is 2.59. The fourth-order valence-corrected chi connectivity index (χ4v) is 0.558. The molecule has 0 saturated carbocycles. The van der Waals surface area contributed by atoms with Crippen molar-refractivity contribution in [2.75, 3.05) is 0 Å². The monoisotopic (exact) mass is 126 g/mol. The Morgan fingerprint density at radius 2 is 2.44 bits per heavy atom. The Labute approximate surface area is 52.0 Å². The SMILES string of the molecule is C[n+]1ccn(C(=O)[O-])c1. The number of carboxylic acid groups (broad SMARTS) is 1. The van der Waals surface area contributed by atoms with Gasteiger partial charge in [0, 0.05) is 0 Å². The zero-order chi connectivity index (χ0) is 6.85. The number of hydrogen-bond acceptors (Lipinski definition) is 2. The van der Waals surface area contributed by atoms with Gasteiger partial charge in [0.15, 0.2) is 0 Å². The maximum absolute atomic E-state index is 10.1. The van der Waals surface area contributed by atoms with Crippen molar-refractivity contribution in [2.45, 2.75) is 0 Å². The Morgan fingerprint density at radius 3 is 2.67 bits per heavy atom. The Morgan fingerprint density at radius 1 is 1.78 bits per heavy atom. The number of nitrogens with zero attached hydrogens (tertiary/aromatic N) is 2. The summed E-state index contributed by atoms with van der Waals surface area (Å²) in [4.78, 5) is 10.1. The van der Waals surface area contributed by atoms with Crippen LogP contribution in [0, 0.1) is 0 Å². The standard InChI is InChI=1S/C5H6N2O2/c1-6-2-3-7(4-6)5(8)9/h2-4H,1H3. The minimum absolute atomic E-state index is 0.972. The van der Waals surface area contributed by atoms with Gasteiger partial charge in [-0.05, 0) is 0 Å². The molecule has 1 aromatic rings. The van der Waals surface area contributed by atoms with Crippen molar-refractivity contribution in [3.05, 3.63) is 18.7 Å². The van der Waals surface area contributed by atoms with E-state index in [9.17, 15) is 9.90 Å². The molecule has 0 bridgehead atoms. The van der Waals surface area contributed by atoms with Gasteiger partial charge in [-0.2, -0.15) is 4.57 Å². The molecule has 0 aliphatic heterocycles. The molecule has 0 radical (unpaired) electrons. The number of aromatic nitrogens is 2. The predicted octanol–water partition coefficient (Wildman–Crippen LogP) is -1.50. The van der Waals surface area contributed by atoms with Gasteiger partial charge in [-0.3, -0.25) is 0 Å². The van der Waals surface area contributed by atoms with Crippen LogP contribution in [0.4, 0.5) is 4.79 Å². The second-order valence-electron chi connectivity index (χ2n) is 1.75. The Balaban J connectivity index is 2.98. The molecule has 0 saturated heterocycles. The van der Waals surface area contributed by atoms with Gasteiger partial charge in [-0.1, -0.05) is 0 Å². The number of hydrogen-bond donors (Lipinski definition) is 0. The van der Waals surface area contributed by atoms with Crippen molar-refractivity contribution in [2.24, 2.45) is 7.05 Å². The summed E-state index contributed by atoms with van der Waals surface area (Å²) in [6, 6.07) is 0. The molecule has 0 spiro atoms. The lowest BCUT2D eigenvalue weighted by molar-refractivity contribution is -0.670. The summed E-state index contributed by atoms with van der Waals surface area (Å²) in [6.45, 7) is 0. The Bertz CT molecular complexity index is 229. The minimum atomic E-state index is -1.21. The van der Waals surface area contributed by atoms with Crippen molar-refractivity contribution in [3.8, 4) is 0 Å². The van der Waals surface area contributed by atoms with Gasteiger partial charge in [-0.25, -0.2) is 4.57 Å². The van der Waals surface area contributed by atoms with E-state index in [0.717, 1.165) is 4.57 Å². The fraction of sp³-hybridized carbons (Fsp3) is 0.200. The fourth-order valence-electron chi connectivity index (χ4n) is 0.558. The number of aryl methyl sites for hydroxylation is 1. The van der Waals surface area contributed by atoms with Crippen molar-refractivity contribution in [1.29, 1.82) is 0 Å². The van der Waals surface area contributed by atoms with Crippen LogP contribution < -0.4 is 9.67 Å². The predicted molar refractivity (Wildman–Crippen MR) is 26.4 cm³/mol. The minimum Gasteiger partial charge on any atom is -0.510 e. The number of imidazole rings is 1. The lowest BCUT2D eigenvalue weighted by Crippen LogP contribution is -2.30. The third kappa shape index (κ3) is 1.07. The first kappa shape index (κ1) is 5.81. The van der Waals surface area contributed by atoms with Gasteiger partial charge in [0.05, 0.1) is 7.05 Å². The second-order valence-corrected chi connectivity index (χ2v) is 1.75. The average Bonchev–Trinajstić information content (AvgIpc) is 2.14. The molecule has 4 nitrogen and oxygen atoms in total. The van der Waals surface area contributed by atoms with Gasteiger partial charge < -0.3 is 9.90 Å². The molecule has 0 amide bonds. The van der Waals surface area contributed by atoms with E-state index in [2.05, 4.69) is 0 Å². The van der Waals surface area contributed by atoms with Gasteiger partial charge in [-0.15, -0.1) is 0 Å². The first-order valence-electron chi connectivity index (χ1n) is 2.45. The summed E-state index contributed by atoms with van der Waals surface area (Å²) >= 11 is 0. The van der Waals surface area contributed by atoms with Crippen molar-refractivity contribution < 1.29 is 14.5 Å². The van der Waals surface area contributed by atoms with Crippen LogP contribution in [0.1, 0.15) is 0 Å². The first-order chi connectivity index (χ1) is 4.20. The molecule has 1 rings (SSSR count). The molecule has 1 heterocycles. The quantitative estimate of drug-likeness (QED) is 0.397. The normalized spacial score (nSPS) is 9.44. The van der Waals surface area contributed by atoms with Gasteiger partial charge in [0.25, 0.3) is 0 Å². The molecule has 9 heavy (non-hydrogen) atoms. The molecule has 0 aliphatic carbocycles. The largest absolute Gasteiger partial charge is 0.510 e. The van der Waals surface area contributed by atoms with Gasteiger partial charge in [0.2, 0.25) is 12.4 Å². The van der Waals surface area contributed by atoms with E-state index >= 15 is 0 Å². The molecule has 0 N–H and O–H groups in total. The van der Waals surface area contributed by atoms with Crippen LogP contribution in [0.2, 0.25) is 0 Å². The maximum atomic E-state index is 10.1. The molecular formula is C5H6N2O2. The third-order valence-corrected chi connectivity index (χ3v) is 0.980. The van der Waals surface area contributed by atoms with E-state index in [1.165, 1.54) is 12.5 Å². The van der Waals surface area contributed by atoms with Crippen LogP contribution in [0.15, 0.2) is 18.7 Å². The van der Waals surface area contributed by atoms with Crippen LogP contribution in [-0.4, -0.2) is 10.7 Å². The van der Waals surface area contributed by atoms with Crippen molar-refractivity contribution in [1.82, 2.24) is 4.57 Å². The molecule has 48 valence electrons. The van der Waals surface area contributed by atoms with Crippen LogP contribution in [0.25, 0.3) is 0 Å². The topological polar surface area (TPSA) is 48.9 Å². The van der Waals surface area contributed by atoms with E-state index in [1.54, 1.807) is 17.8 Å². The summed E-state index contributed by atoms with van der Waals surface area (Å²) in [5.74, 6) is 0. The summed E-state index contributed by atoms with van der Waals surface area (Å²) in [5.41, 5.74) is 0. The van der Waals surface area contributed by atoms with Crippen molar-refractivity contribution in [3.63, 3.8) is 0 Å². The highest BCUT2D eigenvalue weighted by Crippen LogP contribution is 1.77. The molecule has 4 heteroatoms. The summed E-state index contributed by atoms with van der Waals surface area (Å²) in [5, 5.41) is 10.1. The lowest BCUT2D eigenvalue weighted by Gasteiger charge is -1.89. The molecule has 0 unspecified atom stereocenters. The number of carbonyl (C=O) groups excluding carboxylic acids is 1. The average molecular weight is 126 g/mol. The second kappa shape index (κ2) is 1.89. The molecule has 0 aliphatic rings. The highest BCUT2D eigenvalue weighted by Gasteiger charge is 1.97. The van der Waals surface area contributed by atoms with Gasteiger partial charge >= 0.3 is 0 Å². The zero-order valence-corrected chi connectivity index (χ0v) is 4.94. The Kier molecular flexibility index (Phi) is 1.22. The van der Waals surface area contributed by atoms with E-state index in [0.29, 0.717) is 0 Å². The van der Waals surface area contributed by atoms with Crippen molar-refractivity contribution >= 4 is 6.09 Å². The Hall–Kier alpha value is -1.32. The van der Waals surface area contributed by atoms with Crippen LogP contribution >= 0.6 is 0 Å². The van der Waals surface area contributed by atoms with E-state index in [4.69, 9.17) is 0 Å². The highest BCUT2D eigenvalue weighted by atomic mass is 16.4. The smallest absolute Gasteiger partial charge is 0.249 e. The molecule has 1 aromatic heterocycles. The molecule has 0 atom stereocenters. The first-order valence-corrected chi connectivity index (χ1v) is 2.45. The van der Waals surface area contributed by atoms with Crippen LogP contribution in [0.3, 0.4) is 0 Å². The molecule has 0 aromatic carbocycles. The maximum Gasteiger partial charge on any atom is 0.249 e. The van der Waals surface area contributed by atoms with E-state index in [-0.39, 0.29) is 0 Å². The zero-order valence-electron chi connectivity index (χ0n) is 4.94. The van der Waals surface area contributed by atoms with E-state index < -0.39 is 6.09 Å². The van der Waals surface area contributed by atoms with Crippen LogP contribution in [-0.2, 0) is 7.05 Å². The van der Waals surface area contributed by atoms with Crippen LogP contribution in [0.5, 0.6) is 0 Å². The number of carbonyl (C=O) groups is 1.